The molecule has 0 saturated carbocycles. The van der Waals surface area contributed by atoms with Crippen molar-refractivity contribution in [3.05, 3.63) is 35.4 Å². The highest BCUT2D eigenvalue weighted by Gasteiger charge is 2.23. The zero-order chi connectivity index (χ0) is 16.9. The second kappa shape index (κ2) is 7.37. The molecule has 0 heterocycles. The number of primary sulfonamides is 1. The van der Waals surface area contributed by atoms with E-state index < -0.39 is 28.4 Å². The van der Waals surface area contributed by atoms with Crippen molar-refractivity contribution < 1.29 is 23.1 Å². The Morgan fingerprint density at radius 1 is 1.36 bits per heavy atom. The lowest BCUT2D eigenvalue weighted by Crippen LogP contribution is -2.41. The Hall–Kier alpha value is -1.93. The molecule has 3 N–H and O–H groups in total. The Labute approximate surface area is 129 Å². The normalized spacial score (nSPS) is 12.7. The average Bonchev–Trinajstić information content (AvgIpc) is 2.41. The van der Waals surface area contributed by atoms with Gasteiger partial charge < -0.3 is 10.0 Å². The molecule has 1 amide bonds. The van der Waals surface area contributed by atoms with Gasteiger partial charge in [0.25, 0.3) is 5.91 Å². The van der Waals surface area contributed by atoms with Crippen LogP contribution in [0.4, 0.5) is 0 Å². The molecule has 1 aromatic carbocycles. The Balaban J connectivity index is 3.08. The summed E-state index contributed by atoms with van der Waals surface area (Å²) in [6, 6.07) is 5.79. The van der Waals surface area contributed by atoms with Crippen molar-refractivity contribution >= 4 is 21.9 Å². The summed E-state index contributed by atoms with van der Waals surface area (Å²) in [5.41, 5.74) is 0.621. The third-order valence-electron chi connectivity index (χ3n) is 3.23. The van der Waals surface area contributed by atoms with Crippen LogP contribution < -0.4 is 5.14 Å². The van der Waals surface area contributed by atoms with Gasteiger partial charge in [-0.3, -0.25) is 9.59 Å². The summed E-state index contributed by atoms with van der Waals surface area (Å²) in [6.07, 6.45) is 0.607. The molecule has 1 aromatic rings. The van der Waals surface area contributed by atoms with Crippen molar-refractivity contribution in [2.75, 3.05) is 6.54 Å². The Bertz CT molecular complexity index is 657. The maximum Gasteiger partial charge on any atom is 0.323 e. The number of nitrogens with zero attached hydrogens (tertiary/aromatic N) is 1. The van der Waals surface area contributed by atoms with E-state index in [0.29, 0.717) is 12.0 Å². The van der Waals surface area contributed by atoms with Crippen LogP contribution in [0, 0.1) is 0 Å². The van der Waals surface area contributed by atoms with Crippen molar-refractivity contribution in [2.24, 2.45) is 5.14 Å². The zero-order valence-corrected chi connectivity index (χ0v) is 13.3. The van der Waals surface area contributed by atoms with Crippen LogP contribution in [0.15, 0.2) is 24.3 Å². The van der Waals surface area contributed by atoms with Gasteiger partial charge in [-0.1, -0.05) is 19.1 Å². The molecule has 0 aliphatic rings. The van der Waals surface area contributed by atoms with Crippen LogP contribution in [0.5, 0.6) is 0 Å². The first-order valence-electron chi connectivity index (χ1n) is 6.76. The SMILES string of the molecule is CCC(C)N(CC(=O)O)C(=O)c1cccc(CS(N)(=O)=O)c1. The summed E-state index contributed by atoms with van der Waals surface area (Å²) in [5, 5.41) is 13.9. The molecule has 0 aliphatic carbocycles. The summed E-state index contributed by atoms with van der Waals surface area (Å²) in [5.74, 6) is -1.93. The van der Waals surface area contributed by atoms with E-state index in [2.05, 4.69) is 0 Å². The quantitative estimate of drug-likeness (QED) is 0.767. The van der Waals surface area contributed by atoms with Crippen molar-refractivity contribution in [2.45, 2.75) is 32.1 Å². The third-order valence-corrected chi connectivity index (χ3v) is 3.97. The van der Waals surface area contributed by atoms with Crippen molar-refractivity contribution in [3.63, 3.8) is 0 Å². The van der Waals surface area contributed by atoms with Gasteiger partial charge in [-0.25, -0.2) is 13.6 Å². The number of amides is 1. The molecule has 7 nitrogen and oxygen atoms in total. The molecule has 0 spiro atoms. The van der Waals surface area contributed by atoms with Crippen LogP contribution in [0.25, 0.3) is 0 Å². The highest BCUT2D eigenvalue weighted by atomic mass is 32.2. The van der Waals surface area contributed by atoms with Crippen LogP contribution in [-0.4, -0.2) is 42.9 Å². The van der Waals surface area contributed by atoms with Gasteiger partial charge >= 0.3 is 5.97 Å². The van der Waals surface area contributed by atoms with E-state index in [-0.39, 0.29) is 17.4 Å². The van der Waals surface area contributed by atoms with Crippen molar-refractivity contribution in [3.8, 4) is 0 Å². The fraction of sp³-hybridized carbons (Fsp3) is 0.429. The second-order valence-electron chi connectivity index (χ2n) is 5.09. The molecule has 22 heavy (non-hydrogen) atoms. The minimum atomic E-state index is -3.70. The topological polar surface area (TPSA) is 118 Å². The summed E-state index contributed by atoms with van der Waals surface area (Å²) in [7, 11) is -3.70. The Kier molecular flexibility index (Phi) is 6.07. The first-order chi connectivity index (χ1) is 10.1. The third kappa shape index (κ3) is 5.45. The lowest BCUT2D eigenvalue weighted by atomic mass is 10.1. The molecule has 122 valence electrons. The molecule has 0 aromatic heterocycles. The van der Waals surface area contributed by atoms with Gasteiger partial charge in [0.15, 0.2) is 0 Å². The fourth-order valence-electron chi connectivity index (χ4n) is 1.99. The summed E-state index contributed by atoms with van der Waals surface area (Å²) < 4.78 is 22.2. The van der Waals surface area contributed by atoms with Crippen LogP contribution in [-0.2, 0) is 20.6 Å². The van der Waals surface area contributed by atoms with Crippen molar-refractivity contribution in [1.82, 2.24) is 4.90 Å². The molecule has 0 bridgehead atoms. The predicted octanol–water partition coefficient (Wildman–Crippen LogP) is 0.800. The summed E-state index contributed by atoms with van der Waals surface area (Å²) in [6.45, 7) is 3.20. The molecule has 1 unspecified atom stereocenters. The lowest BCUT2D eigenvalue weighted by molar-refractivity contribution is -0.138. The largest absolute Gasteiger partial charge is 0.480 e. The zero-order valence-electron chi connectivity index (χ0n) is 12.5. The van der Waals surface area contributed by atoms with Gasteiger partial charge in [0, 0.05) is 11.6 Å². The number of rotatable bonds is 7. The number of carboxylic acids is 1. The van der Waals surface area contributed by atoms with E-state index in [1.165, 1.54) is 17.0 Å². The van der Waals surface area contributed by atoms with E-state index in [1.54, 1.807) is 19.1 Å². The minimum absolute atomic E-state index is 0.239. The van der Waals surface area contributed by atoms with E-state index >= 15 is 0 Å². The first-order valence-corrected chi connectivity index (χ1v) is 8.47. The highest BCUT2D eigenvalue weighted by molar-refractivity contribution is 7.88. The number of nitrogens with two attached hydrogens (primary N) is 1. The van der Waals surface area contributed by atoms with E-state index in [4.69, 9.17) is 10.2 Å². The summed E-state index contributed by atoms with van der Waals surface area (Å²) in [4.78, 5) is 24.7. The molecule has 0 fully saturated rings. The smallest absolute Gasteiger partial charge is 0.323 e. The molecule has 0 aliphatic heterocycles. The average molecular weight is 328 g/mol. The number of carboxylic acid groups (broad SMARTS) is 1. The number of hydrogen-bond acceptors (Lipinski definition) is 4. The second-order valence-corrected chi connectivity index (χ2v) is 6.71. The van der Waals surface area contributed by atoms with Gasteiger partial charge in [0.05, 0.1) is 5.75 Å². The van der Waals surface area contributed by atoms with Crippen LogP contribution >= 0.6 is 0 Å². The number of carbonyl (C=O) groups is 2. The molecule has 8 heteroatoms. The van der Waals surface area contributed by atoms with Gasteiger partial charge in [-0.05, 0) is 31.0 Å². The maximum atomic E-state index is 12.5. The monoisotopic (exact) mass is 328 g/mol. The molecule has 0 saturated heterocycles. The van der Waals surface area contributed by atoms with E-state index in [0.717, 1.165) is 0 Å². The Morgan fingerprint density at radius 2 is 2.00 bits per heavy atom. The highest BCUT2D eigenvalue weighted by Crippen LogP contribution is 2.14. The number of benzene rings is 1. The van der Waals surface area contributed by atoms with E-state index in [9.17, 15) is 18.0 Å². The van der Waals surface area contributed by atoms with Gasteiger partial charge in [0.2, 0.25) is 10.0 Å². The standard InChI is InChI=1S/C14H20N2O5S/c1-3-10(2)16(8-13(17)18)14(19)12-6-4-5-11(7-12)9-22(15,20)21/h4-7,10H,3,8-9H2,1-2H3,(H,17,18)(H2,15,20,21). The molecular formula is C14H20N2O5S. The van der Waals surface area contributed by atoms with Crippen LogP contribution in [0.3, 0.4) is 0 Å². The van der Waals surface area contributed by atoms with E-state index in [1.807, 2.05) is 6.92 Å². The van der Waals surface area contributed by atoms with Crippen molar-refractivity contribution in [1.29, 1.82) is 0 Å². The summed E-state index contributed by atoms with van der Waals surface area (Å²) >= 11 is 0. The number of hydrogen-bond donors (Lipinski definition) is 2. The van der Waals surface area contributed by atoms with Crippen LogP contribution in [0.2, 0.25) is 0 Å². The lowest BCUT2D eigenvalue weighted by Gasteiger charge is -2.27. The number of aliphatic carboxylic acids is 1. The number of carbonyl (C=O) groups excluding carboxylic acids is 1. The molecular weight excluding hydrogens is 308 g/mol. The van der Waals surface area contributed by atoms with Gasteiger partial charge in [-0.2, -0.15) is 0 Å². The molecule has 1 rings (SSSR count). The predicted molar refractivity (Wildman–Crippen MR) is 81.7 cm³/mol. The Morgan fingerprint density at radius 3 is 2.50 bits per heavy atom. The fourth-order valence-corrected chi connectivity index (χ4v) is 2.63. The molecule has 1 atom stereocenters. The number of sulfonamides is 1. The van der Waals surface area contributed by atoms with Gasteiger partial charge in [-0.15, -0.1) is 0 Å². The maximum absolute atomic E-state index is 12.5. The first kappa shape index (κ1) is 18.1. The van der Waals surface area contributed by atoms with Gasteiger partial charge in [0.1, 0.15) is 6.54 Å². The minimum Gasteiger partial charge on any atom is -0.480 e. The van der Waals surface area contributed by atoms with Crippen LogP contribution in [0.1, 0.15) is 36.2 Å². The molecule has 0 radical (unpaired) electrons.